The lowest BCUT2D eigenvalue weighted by Gasteiger charge is -2.40. The molecule has 0 radical (unpaired) electrons. The summed E-state index contributed by atoms with van der Waals surface area (Å²) in [5.41, 5.74) is 1.14. The first-order valence-corrected chi connectivity index (χ1v) is 9.82. The molecule has 1 aromatic carbocycles. The highest BCUT2D eigenvalue weighted by atomic mass is 127. The van der Waals surface area contributed by atoms with Crippen LogP contribution in [0.3, 0.4) is 0 Å². The van der Waals surface area contributed by atoms with Gasteiger partial charge in [0.25, 0.3) is 0 Å². The Morgan fingerprint density at radius 1 is 1.11 bits per heavy atom. The van der Waals surface area contributed by atoms with Gasteiger partial charge >= 0.3 is 0 Å². The largest absolute Gasteiger partial charge is 0.454 e. The monoisotopic (exact) mass is 503 g/mol. The first-order chi connectivity index (χ1) is 13.1. The predicted molar refractivity (Wildman–Crippen MR) is 124 cm³/mol. The molecule has 0 saturated carbocycles. The van der Waals surface area contributed by atoms with Crippen molar-refractivity contribution in [3.05, 3.63) is 23.8 Å². The van der Waals surface area contributed by atoms with E-state index < -0.39 is 0 Å². The molecule has 0 aliphatic carbocycles. The molecule has 1 saturated heterocycles. The number of likely N-dealkylation sites (N-methyl/N-ethyl adjacent to an activating group) is 1. The van der Waals surface area contributed by atoms with Crippen LogP contribution < -0.4 is 20.1 Å². The molecule has 2 heterocycles. The van der Waals surface area contributed by atoms with Crippen LogP contribution in [0.1, 0.15) is 19.4 Å². The van der Waals surface area contributed by atoms with Crippen molar-refractivity contribution in [2.45, 2.75) is 26.4 Å². The zero-order valence-corrected chi connectivity index (χ0v) is 19.7. The fraction of sp³-hybridized carbons (Fsp3) is 0.650. The molecule has 8 heteroatoms. The van der Waals surface area contributed by atoms with Crippen molar-refractivity contribution in [3.8, 4) is 11.5 Å². The number of fused-ring (bicyclic) bond motifs is 1. The van der Waals surface area contributed by atoms with Crippen LogP contribution in [0.4, 0.5) is 0 Å². The molecule has 28 heavy (non-hydrogen) atoms. The zero-order chi connectivity index (χ0) is 19.2. The van der Waals surface area contributed by atoms with Gasteiger partial charge in [-0.25, -0.2) is 0 Å². The molecule has 1 aromatic rings. The van der Waals surface area contributed by atoms with E-state index in [2.05, 4.69) is 52.4 Å². The van der Waals surface area contributed by atoms with E-state index in [1.807, 2.05) is 19.2 Å². The third-order valence-electron chi connectivity index (χ3n) is 5.38. The van der Waals surface area contributed by atoms with Crippen molar-refractivity contribution < 1.29 is 9.47 Å². The number of nitrogens with zero attached hydrogens (tertiary/aromatic N) is 3. The minimum absolute atomic E-state index is 0. The standard InChI is InChI=1S/C20H33N5O2.HI/c1-15(2)17(25-9-7-24(4)8-10-25)13-23-20(21-3)22-12-16-5-6-18-19(11-16)27-14-26-18;/h5-6,11,15,17H,7-10,12-14H2,1-4H3,(H2,21,22,23);1H. The molecule has 1 atom stereocenters. The summed E-state index contributed by atoms with van der Waals surface area (Å²) in [7, 11) is 4.01. The van der Waals surface area contributed by atoms with Crippen LogP contribution in [-0.2, 0) is 6.54 Å². The van der Waals surface area contributed by atoms with Gasteiger partial charge in [-0.2, -0.15) is 0 Å². The molecule has 158 valence electrons. The second-order valence-electron chi connectivity index (χ2n) is 7.64. The number of hydrogen-bond acceptors (Lipinski definition) is 5. The Morgan fingerprint density at radius 2 is 1.82 bits per heavy atom. The van der Waals surface area contributed by atoms with Crippen molar-refractivity contribution in [2.75, 3.05) is 53.6 Å². The van der Waals surface area contributed by atoms with Crippen LogP contribution in [0, 0.1) is 5.92 Å². The Balaban J connectivity index is 0.00000280. The van der Waals surface area contributed by atoms with Crippen LogP contribution in [-0.4, -0.2) is 75.4 Å². The van der Waals surface area contributed by atoms with Gasteiger partial charge in [0, 0.05) is 52.4 Å². The summed E-state index contributed by atoms with van der Waals surface area (Å²) in [5, 5.41) is 6.91. The van der Waals surface area contributed by atoms with Crippen LogP contribution >= 0.6 is 24.0 Å². The number of aliphatic imine (C=N–C) groups is 1. The van der Waals surface area contributed by atoms with Crippen molar-refractivity contribution in [1.82, 2.24) is 20.4 Å². The minimum atomic E-state index is 0. The summed E-state index contributed by atoms with van der Waals surface area (Å²) >= 11 is 0. The highest BCUT2D eigenvalue weighted by molar-refractivity contribution is 14.0. The normalized spacial score (nSPS) is 18.7. The number of guanidine groups is 1. The third kappa shape index (κ3) is 6.12. The van der Waals surface area contributed by atoms with E-state index >= 15 is 0 Å². The molecular formula is C20H34IN5O2. The maximum Gasteiger partial charge on any atom is 0.231 e. The number of ether oxygens (including phenoxy) is 2. The Morgan fingerprint density at radius 3 is 2.50 bits per heavy atom. The number of rotatable bonds is 6. The molecule has 0 amide bonds. The molecule has 0 aromatic heterocycles. The summed E-state index contributed by atoms with van der Waals surface area (Å²) in [4.78, 5) is 9.37. The summed E-state index contributed by atoms with van der Waals surface area (Å²) in [6, 6.07) is 6.53. The van der Waals surface area contributed by atoms with Gasteiger partial charge in [0.2, 0.25) is 6.79 Å². The SMILES string of the molecule is CN=C(NCc1ccc2c(c1)OCO2)NCC(C(C)C)N1CCN(C)CC1.I. The maximum atomic E-state index is 5.45. The topological polar surface area (TPSA) is 61.4 Å². The lowest BCUT2D eigenvalue weighted by Crippen LogP contribution is -2.55. The number of nitrogens with one attached hydrogen (secondary N) is 2. The molecule has 2 N–H and O–H groups in total. The van der Waals surface area contributed by atoms with Crippen molar-refractivity contribution in [2.24, 2.45) is 10.9 Å². The third-order valence-corrected chi connectivity index (χ3v) is 5.38. The highest BCUT2D eigenvalue weighted by Crippen LogP contribution is 2.32. The van der Waals surface area contributed by atoms with Crippen LogP contribution in [0.5, 0.6) is 11.5 Å². The van der Waals surface area contributed by atoms with Crippen LogP contribution in [0.25, 0.3) is 0 Å². The second-order valence-corrected chi connectivity index (χ2v) is 7.64. The van der Waals surface area contributed by atoms with E-state index in [1.54, 1.807) is 0 Å². The number of hydrogen-bond donors (Lipinski definition) is 2. The summed E-state index contributed by atoms with van der Waals surface area (Å²) in [6.07, 6.45) is 0. The van der Waals surface area contributed by atoms with Gasteiger partial charge in [0.1, 0.15) is 0 Å². The van der Waals surface area contributed by atoms with Gasteiger partial charge in [0.05, 0.1) is 0 Å². The summed E-state index contributed by atoms with van der Waals surface area (Å²) in [5.74, 6) is 3.04. The van der Waals surface area contributed by atoms with E-state index in [9.17, 15) is 0 Å². The Labute approximate surface area is 185 Å². The molecular weight excluding hydrogens is 469 g/mol. The summed E-state index contributed by atoms with van der Waals surface area (Å²) < 4.78 is 10.8. The van der Waals surface area contributed by atoms with Gasteiger partial charge in [-0.1, -0.05) is 19.9 Å². The zero-order valence-electron chi connectivity index (χ0n) is 17.4. The maximum absolute atomic E-state index is 5.45. The minimum Gasteiger partial charge on any atom is -0.454 e. The molecule has 2 aliphatic rings. The van der Waals surface area contributed by atoms with Gasteiger partial charge in [-0.05, 0) is 30.7 Å². The van der Waals surface area contributed by atoms with E-state index in [0.29, 0.717) is 25.3 Å². The fourth-order valence-corrected chi connectivity index (χ4v) is 3.60. The Kier molecular flexibility index (Phi) is 9.10. The number of benzene rings is 1. The Bertz CT molecular complexity index is 647. The molecule has 1 unspecified atom stereocenters. The molecule has 1 fully saturated rings. The lowest BCUT2D eigenvalue weighted by molar-refractivity contribution is 0.0900. The quantitative estimate of drug-likeness (QED) is 0.352. The van der Waals surface area contributed by atoms with Crippen LogP contribution in [0.2, 0.25) is 0 Å². The van der Waals surface area contributed by atoms with Gasteiger partial charge in [-0.3, -0.25) is 9.89 Å². The smallest absolute Gasteiger partial charge is 0.231 e. The summed E-state index contributed by atoms with van der Waals surface area (Å²) in [6.45, 7) is 11.0. The average Bonchev–Trinajstić information content (AvgIpc) is 3.13. The Hall–Kier alpha value is -1.26. The van der Waals surface area contributed by atoms with E-state index in [4.69, 9.17) is 9.47 Å². The van der Waals surface area contributed by atoms with Gasteiger partial charge in [0.15, 0.2) is 17.5 Å². The average molecular weight is 503 g/mol. The van der Waals surface area contributed by atoms with Gasteiger partial charge in [-0.15, -0.1) is 24.0 Å². The number of piperazine rings is 1. The fourth-order valence-electron chi connectivity index (χ4n) is 3.60. The lowest BCUT2D eigenvalue weighted by atomic mass is 10.0. The van der Waals surface area contributed by atoms with Crippen molar-refractivity contribution in [1.29, 1.82) is 0 Å². The second kappa shape index (κ2) is 11.1. The first-order valence-electron chi connectivity index (χ1n) is 9.82. The van der Waals surface area contributed by atoms with Crippen molar-refractivity contribution in [3.63, 3.8) is 0 Å². The van der Waals surface area contributed by atoms with E-state index in [1.165, 1.54) is 0 Å². The molecule has 0 spiro atoms. The van der Waals surface area contributed by atoms with E-state index in [0.717, 1.165) is 55.7 Å². The van der Waals surface area contributed by atoms with E-state index in [-0.39, 0.29) is 24.0 Å². The molecule has 2 aliphatic heterocycles. The number of halogens is 1. The highest BCUT2D eigenvalue weighted by Gasteiger charge is 2.25. The van der Waals surface area contributed by atoms with Crippen molar-refractivity contribution >= 4 is 29.9 Å². The molecule has 7 nitrogen and oxygen atoms in total. The van der Waals surface area contributed by atoms with Gasteiger partial charge < -0.3 is 25.0 Å². The predicted octanol–water partition coefficient (Wildman–Crippen LogP) is 1.97. The molecule has 3 rings (SSSR count). The van der Waals surface area contributed by atoms with Crippen LogP contribution in [0.15, 0.2) is 23.2 Å². The molecule has 0 bridgehead atoms. The first kappa shape index (κ1) is 23.0.